The zero-order chi connectivity index (χ0) is 14.3. The summed E-state index contributed by atoms with van der Waals surface area (Å²) in [5, 5.41) is 0. The van der Waals surface area contributed by atoms with Crippen LogP contribution in [0.1, 0.15) is 27.0 Å². The molecule has 1 aromatic heterocycles. The summed E-state index contributed by atoms with van der Waals surface area (Å²) < 4.78 is 0.779. The van der Waals surface area contributed by atoms with E-state index in [0.717, 1.165) is 15.8 Å². The molecule has 0 radical (unpaired) electrons. The second kappa shape index (κ2) is 5.14. The van der Waals surface area contributed by atoms with E-state index in [9.17, 15) is 9.59 Å². The highest BCUT2D eigenvalue weighted by Gasteiger charge is 2.37. The number of hydrogen-bond donors (Lipinski definition) is 0. The highest BCUT2D eigenvalue weighted by Crippen LogP contribution is 2.37. The molecule has 0 saturated carbocycles. The van der Waals surface area contributed by atoms with E-state index >= 15 is 0 Å². The largest absolute Gasteiger partial charge is 0.299 e. The number of benzene rings is 1. The molecule has 1 aliphatic heterocycles. The Hall–Kier alpha value is -1.46. The predicted octanol–water partition coefficient (Wildman–Crippen LogP) is 3.80. The molecule has 20 heavy (non-hydrogen) atoms. The number of carbonyl (C=O) groups excluding carboxylic acids is 2. The van der Waals surface area contributed by atoms with E-state index in [2.05, 4.69) is 28.9 Å². The lowest BCUT2D eigenvalue weighted by molar-refractivity contribution is -0.114. The van der Waals surface area contributed by atoms with E-state index in [1.165, 1.54) is 4.88 Å². The van der Waals surface area contributed by atoms with Crippen LogP contribution in [0.15, 0.2) is 34.8 Å². The summed E-state index contributed by atoms with van der Waals surface area (Å²) in [5.41, 5.74) is 1.17. The molecule has 0 fully saturated rings. The fraction of sp³-hybridized carbons (Fsp3) is 0.200. The van der Waals surface area contributed by atoms with Gasteiger partial charge in [0.2, 0.25) is 0 Å². The molecule has 0 saturated heterocycles. The zero-order valence-corrected chi connectivity index (χ0v) is 13.3. The first kappa shape index (κ1) is 13.5. The first-order chi connectivity index (χ1) is 9.61. The highest BCUT2D eigenvalue weighted by atomic mass is 79.9. The molecule has 102 valence electrons. The molecular weight excluding hydrogens is 338 g/mol. The average molecular weight is 350 g/mol. The molecule has 0 aliphatic carbocycles. The van der Waals surface area contributed by atoms with Gasteiger partial charge in [-0.05, 0) is 46.6 Å². The number of amides is 1. The fourth-order valence-corrected chi connectivity index (χ4v) is 3.84. The van der Waals surface area contributed by atoms with E-state index in [1.807, 2.05) is 12.1 Å². The first-order valence-corrected chi connectivity index (χ1v) is 7.95. The Morgan fingerprint density at radius 1 is 1.15 bits per heavy atom. The van der Waals surface area contributed by atoms with Crippen LogP contribution in [0, 0.1) is 0 Å². The Morgan fingerprint density at radius 2 is 1.90 bits per heavy atom. The standard InChI is InChI=1S/C15H12BrNO2S/c1-2-9-6-7-10(20-9)8-17-13-11(14(18)15(17)19)4-3-5-12(13)16/h3-7H,2,8H2,1H3. The van der Waals surface area contributed by atoms with Crippen LogP contribution in [-0.2, 0) is 17.8 Å². The first-order valence-electron chi connectivity index (χ1n) is 6.34. The summed E-state index contributed by atoms with van der Waals surface area (Å²) >= 11 is 5.12. The highest BCUT2D eigenvalue weighted by molar-refractivity contribution is 9.10. The number of aryl methyl sites for hydroxylation is 1. The zero-order valence-electron chi connectivity index (χ0n) is 10.9. The molecule has 0 unspecified atom stereocenters. The van der Waals surface area contributed by atoms with Crippen LogP contribution in [0.2, 0.25) is 0 Å². The monoisotopic (exact) mass is 349 g/mol. The van der Waals surface area contributed by atoms with Crippen molar-refractivity contribution in [1.82, 2.24) is 0 Å². The smallest absolute Gasteiger partial charge is 0.298 e. The maximum absolute atomic E-state index is 12.2. The third kappa shape index (κ3) is 2.11. The van der Waals surface area contributed by atoms with Gasteiger partial charge in [0.15, 0.2) is 0 Å². The molecule has 5 heteroatoms. The van der Waals surface area contributed by atoms with Crippen molar-refractivity contribution in [3.63, 3.8) is 0 Å². The van der Waals surface area contributed by atoms with Crippen molar-refractivity contribution in [3.8, 4) is 0 Å². The molecule has 2 heterocycles. The molecule has 0 atom stereocenters. The van der Waals surface area contributed by atoms with Crippen LogP contribution in [0.5, 0.6) is 0 Å². The minimum atomic E-state index is -0.446. The lowest BCUT2D eigenvalue weighted by Crippen LogP contribution is -2.28. The molecule has 1 amide bonds. The lowest BCUT2D eigenvalue weighted by Gasteiger charge is -2.16. The van der Waals surface area contributed by atoms with Gasteiger partial charge in [-0.2, -0.15) is 0 Å². The van der Waals surface area contributed by atoms with Crippen molar-refractivity contribution in [2.75, 3.05) is 4.90 Å². The summed E-state index contributed by atoms with van der Waals surface area (Å²) in [6.45, 7) is 2.55. The predicted molar refractivity (Wildman–Crippen MR) is 83.4 cm³/mol. The Morgan fingerprint density at radius 3 is 2.60 bits per heavy atom. The van der Waals surface area contributed by atoms with Gasteiger partial charge in [0.25, 0.3) is 11.7 Å². The van der Waals surface area contributed by atoms with Gasteiger partial charge in [0, 0.05) is 14.2 Å². The van der Waals surface area contributed by atoms with Gasteiger partial charge >= 0.3 is 0 Å². The average Bonchev–Trinajstić information content (AvgIpc) is 2.99. The van der Waals surface area contributed by atoms with E-state index < -0.39 is 11.7 Å². The molecule has 1 aromatic carbocycles. The van der Waals surface area contributed by atoms with Gasteiger partial charge in [-0.1, -0.05) is 13.0 Å². The number of halogens is 1. The molecule has 3 rings (SSSR count). The quantitative estimate of drug-likeness (QED) is 0.790. The molecule has 2 aromatic rings. The number of nitrogens with zero attached hydrogens (tertiary/aromatic N) is 1. The number of anilines is 1. The van der Waals surface area contributed by atoms with Gasteiger partial charge in [-0.15, -0.1) is 11.3 Å². The van der Waals surface area contributed by atoms with Crippen LogP contribution < -0.4 is 4.90 Å². The van der Waals surface area contributed by atoms with Crippen molar-refractivity contribution >= 4 is 44.6 Å². The summed E-state index contributed by atoms with van der Waals surface area (Å²) in [4.78, 5) is 28.1. The Bertz CT molecular complexity index is 708. The maximum Gasteiger partial charge on any atom is 0.299 e. The van der Waals surface area contributed by atoms with E-state index in [-0.39, 0.29) is 0 Å². The summed E-state index contributed by atoms with van der Waals surface area (Å²) in [5.74, 6) is -0.869. The molecule has 0 spiro atoms. The van der Waals surface area contributed by atoms with Gasteiger partial charge in [-0.3, -0.25) is 14.5 Å². The molecule has 0 N–H and O–H groups in total. The minimum absolute atomic E-state index is 0.423. The molecule has 0 bridgehead atoms. The van der Waals surface area contributed by atoms with Crippen molar-refractivity contribution in [1.29, 1.82) is 0 Å². The summed E-state index contributed by atoms with van der Waals surface area (Å²) in [6, 6.07) is 9.42. The van der Waals surface area contributed by atoms with Crippen molar-refractivity contribution in [2.24, 2.45) is 0 Å². The Balaban J connectivity index is 1.98. The van der Waals surface area contributed by atoms with Gasteiger partial charge in [0.05, 0.1) is 17.8 Å². The maximum atomic E-state index is 12.2. The van der Waals surface area contributed by atoms with Crippen molar-refractivity contribution in [3.05, 3.63) is 50.1 Å². The number of hydrogen-bond acceptors (Lipinski definition) is 3. The third-order valence-corrected chi connectivity index (χ3v) is 5.17. The van der Waals surface area contributed by atoms with Crippen LogP contribution >= 0.6 is 27.3 Å². The Kier molecular flexibility index (Phi) is 3.48. The van der Waals surface area contributed by atoms with Crippen LogP contribution in [-0.4, -0.2) is 11.7 Å². The van der Waals surface area contributed by atoms with Crippen molar-refractivity contribution in [2.45, 2.75) is 19.9 Å². The van der Waals surface area contributed by atoms with Gasteiger partial charge < -0.3 is 0 Å². The summed E-state index contributed by atoms with van der Waals surface area (Å²) in [6.07, 6.45) is 0.984. The number of fused-ring (bicyclic) bond motifs is 1. The molecule has 1 aliphatic rings. The van der Waals surface area contributed by atoms with Gasteiger partial charge in [0.1, 0.15) is 0 Å². The van der Waals surface area contributed by atoms with Crippen LogP contribution in [0.25, 0.3) is 0 Å². The van der Waals surface area contributed by atoms with Crippen molar-refractivity contribution < 1.29 is 9.59 Å². The number of Topliss-reactive ketones (excluding diaryl/α,β-unsaturated/α-hetero) is 1. The van der Waals surface area contributed by atoms with Crippen LogP contribution in [0.4, 0.5) is 5.69 Å². The SMILES string of the molecule is CCc1ccc(CN2C(=O)C(=O)c3cccc(Br)c32)s1. The summed E-state index contributed by atoms with van der Waals surface area (Å²) in [7, 11) is 0. The minimum Gasteiger partial charge on any atom is -0.298 e. The number of rotatable bonds is 3. The van der Waals surface area contributed by atoms with E-state index in [0.29, 0.717) is 17.8 Å². The van der Waals surface area contributed by atoms with Gasteiger partial charge in [-0.25, -0.2) is 0 Å². The lowest BCUT2D eigenvalue weighted by atomic mass is 10.1. The van der Waals surface area contributed by atoms with E-state index in [1.54, 1.807) is 28.4 Å². The van der Waals surface area contributed by atoms with E-state index in [4.69, 9.17) is 0 Å². The number of carbonyl (C=O) groups is 2. The fourth-order valence-electron chi connectivity index (χ4n) is 2.32. The number of ketones is 1. The normalized spacial score (nSPS) is 14.0. The topological polar surface area (TPSA) is 37.4 Å². The second-order valence-electron chi connectivity index (χ2n) is 4.58. The third-order valence-electron chi connectivity index (χ3n) is 3.32. The Labute approximate surface area is 129 Å². The van der Waals surface area contributed by atoms with Crippen LogP contribution in [0.3, 0.4) is 0 Å². The number of para-hydroxylation sites is 1. The molecule has 3 nitrogen and oxygen atoms in total. The molecular formula is C15H12BrNO2S. The number of thiophene rings is 1. The second-order valence-corrected chi connectivity index (χ2v) is 6.69.